The fourth-order valence-corrected chi connectivity index (χ4v) is 6.91. The number of pyridine rings is 1. The zero-order valence-electron chi connectivity index (χ0n) is 22.8. The Bertz CT molecular complexity index is 1570. The molecular formula is C35H34ClNO2S. The molecular weight excluding hydrogens is 534 g/mol. The molecule has 1 aromatic heterocycles. The van der Waals surface area contributed by atoms with Crippen LogP contribution in [0.3, 0.4) is 0 Å². The molecule has 1 aliphatic rings. The lowest BCUT2D eigenvalue weighted by Crippen LogP contribution is -2.12. The molecule has 5 heteroatoms. The smallest absolute Gasteiger partial charge is 0.303 e. The minimum absolute atomic E-state index is 0.0491. The van der Waals surface area contributed by atoms with Gasteiger partial charge in [-0.15, -0.1) is 0 Å². The Balaban J connectivity index is 1.36. The summed E-state index contributed by atoms with van der Waals surface area (Å²) in [5.41, 5.74) is 7.70. The monoisotopic (exact) mass is 567 g/mol. The van der Waals surface area contributed by atoms with Crippen LogP contribution in [-0.2, 0) is 11.2 Å². The Labute approximate surface area is 246 Å². The molecule has 5 rings (SSSR count). The van der Waals surface area contributed by atoms with Crippen molar-refractivity contribution in [1.29, 1.82) is 0 Å². The number of benzene rings is 3. The van der Waals surface area contributed by atoms with Gasteiger partial charge < -0.3 is 5.11 Å². The maximum absolute atomic E-state index is 11.5. The molecule has 1 atom stereocenters. The van der Waals surface area contributed by atoms with Gasteiger partial charge in [0.2, 0.25) is 0 Å². The molecule has 0 radical (unpaired) electrons. The number of aliphatic carboxylic acids is 1. The Morgan fingerprint density at radius 3 is 2.65 bits per heavy atom. The van der Waals surface area contributed by atoms with Gasteiger partial charge in [0.25, 0.3) is 0 Å². The first-order chi connectivity index (χ1) is 19.3. The van der Waals surface area contributed by atoms with E-state index in [1.54, 1.807) is 0 Å². The number of allylic oxidation sites excluding steroid dienone is 1. The molecule has 40 heavy (non-hydrogen) atoms. The first kappa shape index (κ1) is 28.2. The average Bonchev–Trinajstić information content (AvgIpc) is 3.70. The van der Waals surface area contributed by atoms with E-state index in [-0.39, 0.29) is 17.1 Å². The predicted molar refractivity (Wildman–Crippen MR) is 171 cm³/mol. The van der Waals surface area contributed by atoms with E-state index >= 15 is 0 Å². The first-order valence-corrected chi connectivity index (χ1v) is 15.1. The molecule has 1 N–H and O–H groups in total. The predicted octanol–water partition coefficient (Wildman–Crippen LogP) is 9.75. The lowest BCUT2D eigenvalue weighted by Gasteiger charge is -2.21. The summed E-state index contributed by atoms with van der Waals surface area (Å²) < 4.78 is 0. The fraction of sp³-hybridized carbons (Fsp3) is 0.257. The van der Waals surface area contributed by atoms with Crippen LogP contribution in [0.15, 0.2) is 85.4 Å². The van der Waals surface area contributed by atoms with Crippen molar-refractivity contribution in [2.45, 2.75) is 44.3 Å². The van der Waals surface area contributed by atoms with Gasteiger partial charge in [0.05, 0.1) is 17.6 Å². The summed E-state index contributed by atoms with van der Waals surface area (Å²) >= 11 is 8.08. The van der Waals surface area contributed by atoms with Crippen LogP contribution in [0, 0.1) is 5.41 Å². The van der Waals surface area contributed by atoms with E-state index in [0.29, 0.717) is 5.02 Å². The molecule has 0 amide bonds. The van der Waals surface area contributed by atoms with E-state index in [2.05, 4.69) is 74.2 Å². The van der Waals surface area contributed by atoms with Crippen molar-refractivity contribution in [2.24, 2.45) is 5.41 Å². The maximum Gasteiger partial charge on any atom is 0.303 e. The summed E-state index contributed by atoms with van der Waals surface area (Å²) in [4.78, 5) is 16.2. The quantitative estimate of drug-likeness (QED) is 0.185. The number of aryl methyl sites for hydroxylation is 1. The van der Waals surface area contributed by atoms with Crippen LogP contribution >= 0.6 is 23.4 Å². The third-order valence-corrected chi connectivity index (χ3v) is 9.56. The zero-order chi connectivity index (χ0) is 28.1. The third kappa shape index (κ3) is 7.24. The molecule has 1 heterocycles. The highest BCUT2D eigenvalue weighted by molar-refractivity contribution is 7.99. The lowest BCUT2D eigenvalue weighted by molar-refractivity contribution is -0.138. The summed E-state index contributed by atoms with van der Waals surface area (Å²) in [6.07, 6.45) is 8.32. The number of carbonyl (C=O) groups is 1. The summed E-state index contributed by atoms with van der Waals surface area (Å²) in [6, 6.07) is 27.0. The van der Waals surface area contributed by atoms with Crippen molar-refractivity contribution in [3.8, 4) is 0 Å². The normalized spacial score (nSPS) is 14.8. The maximum atomic E-state index is 11.5. The van der Waals surface area contributed by atoms with E-state index in [9.17, 15) is 9.90 Å². The Morgan fingerprint density at radius 2 is 1.88 bits per heavy atom. The van der Waals surface area contributed by atoms with Crippen LogP contribution in [0.5, 0.6) is 0 Å². The molecule has 0 bridgehead atoms. The Morgan fingerprint density at radius 1 is 1.07 bits per heavy atom. The van der Waals surface area contributed by atoms with E-state index in [0.717, 1.165) is 59.2 Å². The number of nitrogens with zero attached hydrogens (tertiary/aromatic N) is 1. The van der Waals surface area contributed by atoms with Crippen LogP contribution in [0.25, 0.3) is 28.6 Å². The van der Waals surface area contributed by atoms with Gasteiger partial charge in [0.1, 0.15) is 0 Å². The van der Waals surface area contributed by atoms with Crippen LogP contribution in [0.4, 0.5) is 0 Å². The lowest BCUT2D eigenvalue weighted by atomic mass is 9.96. The number of hydrogen-bond donors (Lipinski definition) is 1. The van der Waals surface area contributed by atoms with Crippen LogP contribution in [0.2, 0.25) is 5.02 Å². The second-order valence-corrected chi connectivity index (χ2v) is 12.6. The molecule has 1 fully saturated rings. The first-order valence-electron chi connectivity index (χ1n) is 13.7. The van der Waals surface area contributed by atoms with Gasteiger partial charge in [-0.05, 0) is 84.6 Å². The van der Waals surface area contributed by atoms with Crippen molar-refractivity contribution in [2.75, 3.05) is 5.75 Å². The van der Waals surface area contributed by atoms with E-state index < -0.39 is 5.97 Å². The van der Waals surface area contributed by atoms with Gasteiger partial charge in [-0.25, -0.2) is 4.98 Å². The summed E-state index contributed by atoms with van der Waals surface area (Å²) in [5, 5.41) is 11.4. The van der Waals surface area contributed by atoms with Crippen molar-refractivity contribution in [1.82, 2.24) is 4.98 Å². The molecule has 204 valence electrons. The molecule has 1 saturated carbocycles. The molecule has 1 aliphatic carbocycles. The number of carboxylic acids is 1. The minimum atomic E-state index is -0.693. The van der Waals surface area contributed by atoms with Crippen molar-refractivity contribution in [3.05, 3.63) is 118 Å². The molecule has 3 aromatic carbocycles. The van der Waals surface area contributed by atoms with Crippen LogP contribution < -0.4 is 0 Å². The highest BCUT2D eigenvalue weighted by Crippen LogP contribution is 2.53. The average molecular weight is 568 g/mol. The van der Waals surface area contributed by atoms with Crippen molar-refractivity contribution < 1.29 is 9.90 Å². The second kappa shape index (κ2) is 12.4. The van der Waals surface area contributed by atoms with Gasteiger partial charge in [0, 0.05) is 21.4 Å². The summed E-state index contributed by atoms with van der Waals surface area (Å²) in [5.74, 6) is 0.178. The van der Waals surface area contributed by atoms with Crippen molar-refractivity contribution >= 4 is 58.0 Å². The highest BCUT2D eigenvalue weighted by atomic mass is 35.5. The molecule has 0 aliphatic heterocycles. The summed E-state index contributed by atoms with van der Waals surface area (Å²) in [6.45, 7) is 6.23. The highest BCUT2D eigenvalue weighted by Gasteiger charge is 2.44. The Kier molecular flexibility index (Phi) is 8.78. The topological polar surface area (TPSA) is 50.2 Å². The number of aromatic nitrogens is 1. The van der Waals surface area contributed by atoms with Crippen LogP contribution in [-0.4, -0.2) is 21.8 Å². The van der Waals surface area contributed by atoms with E-state index in [1.165, 1.54) is 16.7 Å². The number of halogens is 1. The molecule has 0 spiro atoms. The standard InChI is InChI=1S/C35H34ClNO2S/c1-24(2)31-9-4-3-7-26(31)13-17-33(40-23-35(18-19-35)22-34(38)39)28-8-5-6-25(20-28)10-15-30-16-12-27-11-14-29(36)21-32(27)37-30/h3-12,14-16,20-21,33H,1,13,17-19,22-23H2,2H3,(H,38,39)/t33-/m1/s1. The minimum Gasteiger partial charge on any atom is -0.481 e. The molecule has 0 saturated heterocycles. The van der Waals surface area contributed by atoms with Gasteiger partial charge in [-0.2, -0.15) is 11.8 Å². The van der Waals surface area contributed by atoms with E-state index in [4.69, 9.17) is 16.6 Å². The van der Waals surface area contributed by atoms with Gasteiger partial charge >= 0.3 is 5.97 Å². The Hall–Kier alpha value is -3.34. The largest absolute Gasteiger partial charge is 0.481 e. The molecule has 3 nitrogen and oxygen atoms in total. The van der Waals surface area contributed by atoms with Gasteiger partial charge in [-0.3, -0.25) is 4.79 Å². The third-order valence-electron chi connectivity index (χ3n) is 7.63. The van der Waals surface area contributed by atoms with E-state index in [1.807, 2.05) is 42.1 Å². The zero-order valence-corrected chi connectivity index (χ0v) is 24.3. The number of thioether (sulfide) groups is 1. The number of rotatable bonds is 12. The second-order valence-electron chi connectivity index (χ2n) is 10.9. The number of fused-ring (bicyclic) bond motifs is 1. The number of hydrogen-bond acceptors (Lipinski definition) is 3. The summed E-state index contributed by atoms with van der Waals surface area (Å²) in [7, 11) is 0. The fourth-order valence-electron chi connectivity index (χ4n) is 5.18. The van der Waals surface area contributed by atoms with Gasteiger partial charge in [-0.1, -0.05) is 90.5 Å². The van der Waals surface area contributed by atoms with Crippen molar-refractivity contribution in [3.63, 3.8) is 0 Å². The molecule has 0 unspecified atom stereocenters. The van der Waals surface area contributed by atoms with Crippen LogP contribution in [0.1, 0.15) is 65.8 Å². The number of carboxylic acid groups (broad SMARTS) is 1. The van der Waals surface area contributed by atoms with Gasteiger partial charge in [0.15, 0.2) is 0 Å². The SMILES string of the molecule is C=C(C)c1ccccc1CC[C@@H](SCC1(CC(=O)O)CC1)c1cccc(C=Cc2ccc3ccc(Cl)cc3n2)c1. The molecule has 4 aromatic rings.